The van der Waals surface area contributed by atoms with Crippen molar-refractivity contribution >= 4 is 27.6 Å². The van der Waals surface area contributed by atoms with Crippen molar-refractivity contribution in [1.29, 1.82) is 0 Å². The van der Waals surface area contributed by atoms with Crippen molar-refractivity contribution in [3.05, 3.63) is 81.6 Å². The number of aliphatic imine (C=N–C) groups is 1. The monoisotopic (exact) mass is 427 g/mol. The minimum Gasteiger partial charge on any atom is -0.476 e. The standard InChI is InChI=1S/C20H15BrFN3O2/c1-2-15-19-18(20(26)27)23-10-25(19)16-8-7-11(21)9-13(16)17(24-15)12-5-3-4-6-14(12)22/h3-10,15H,2H2,1H3,(H,26,27). The van der Waals surface area contributed by atoms with Gasteiger partial charge in [-0.2, -0.15) is 0 Å². The third-order valence-corrected chi connectivity index (χ3v) is 5.09. The van der Waals surface area contributed by atoms with Crippen LogP contribution in [-0.2, 0) is 0 Å². The van der Waals surface area contributed by atoms with E-state index >= 15 is 0 Å². The molecule has 1 atom stereocenters. The van der Waals surface area contributed by atoms with Gasteiger partial charge in [-0.25, -0.2) is 14.2 Å². The lowest BCUT2D eigenvalue weighted by Crippen LogP contribution is -2.09. The third kappa shape index (κ3) is 2.88. The van der Waals surface area contributed by atoms with E-state index in [2.05, 4.69) is 20.9 Å². The van der Waals surface area contributed by atoms with Crippen LogP contribution in [-0.4, -0.2) is 26.3 Å². The molecule has 5 nitrogen and oxygen atoms in total. The van der Waals surface area contributed by atoms with Crippen LogP contribution in [0.25, 0.3) is 5.69 Å². The number of nitrogens with zero attached hydrogens (tertiary/aromatic N) is 3. The van der Waals surface area contributed by atoms with Gasteiger partial charge in [0.15, 0.2) is 5.69 Å². The summed E-state index contributed by atoms with van der Waals surface area (Å²) in [5.41, 5.74) is 2.77. The molecule has 1 N–H and O–H groups in total. The smallest absolute Gasteiger partial charge is 0.356 e. The molecule has 3 aromatic rings. The van der Waals surface area contributed by atoms with Crippen molar-refractivity contribution in [2.75, 3.05) is 0 Å². The first-order chi connectivity index (χ1) is 13.0. The number of benzene rings is 2. The van der Waals surface area contributed by atoms with Crippen LogP contribution in [0.15, 0.2) is 58.3 Å². The number of hydrogen-bond donors (Lipinski definition) is 1. The third-order valence-electron chi connectivity index (χ3n) is 4.60. The largest absolute Gasteiger partial charge is 0.476 e. The summed E-state index contributed by atoms with van der Waals surface area (Å²) in [4.78, 5) is 20.6. The summed E-state index contributed by atoms with van der Waals surface area (Å²) in [5, 5.41) is 9.56. The summed E-state index contributed by atoms with van der Waals surface area (Å²) in [5.74, 6) is -1.48. The van der Waals surface area contributed by atoms with Gasteiger partial charge in [-0.15, -0.1) is 0 Å². The zero-order valence-corrected chi connectivity index (χ0v) is 15.9. The van der Waals surface area contributed by atoms with Crippen molar-refractivity contribution in [3.8, 4) is 5.69 Å². The lowest BCUT2D eigenvalue weighted by molar-refractivity contribution is 0.0689. The van der Waals surface area contributed by atoms with Crippen LogP contribution < -0.4 is 0 Å². The Morgan fingerprint density at radius 1 is 1.26 bits per heavy atom. The molecule has 1 unspecified atom stereocenters. The van der Waals surface area contributed by atoms with Gasteiger partial charge in [-0.3, -0.25) is 9.56 Å². The predicted octanol–water partition coefficient (Wildman–Crippen LogP) is 4.77. The van der Waals surface area contributed by atoms with Gasteiger partial charge in [0.05, 0.1) is 23.1 Å². The number of aromatic nitrogens is 2. The second-order valence-corrected chi connectivity index (χ2v) is 7.11. The van der Waals surface area contributed by atoms with E-state index in [0.717, 1.165) is 4.47 Å². The molecule has 4 rings (SSSR count). The first-order valence-electron chi connectivity index (χ1n) is 8.44. The second kappa shape index (κ2) is 6.74. The number of halogens is 2. The van der Waals surface area contributed by atoms with Gasteiger partial charge >= 0.3 is 5.97 Å². The highest BCUT2D eigenvalue weighted by atomic mass is 79.9. The molecule has 2 aromatic carbocycles. The number of imidazole rings is 1. The summed E-state index contributed by atoms with van der Waals surface area (Å²) in [6, 6.07) is 11.6. The highest BCUT2D eigenvalue weighted by Crippen LogP contribution is 2.35. The quantitative estimate of drug-likeness (QED) is 0.654. The molecule has 0 aliphatic carbocycles. The van der Waals surface area contributed by atoms with Gasteiger partial charge in [0.2, 0.25) is 0 Å². The van der Waals surface area contributed by atoms with Crippen molar-refractivity contribution in [2.24, 2.45) is 4.99 Å². The molecule has 2 heterocycles. The highest BCUT2D eigenvalue weighted by Gasteiger charge is 2.30. The van der Waals surface area contributed by atoms with E-state index in [1.165, 1.54) is 12.4 Å². The minimum absolute atomic E-state index is 0.0331. The number of carboxylic acid groups (broad SMARTS) is 1. The molecule has 7 heteroatoms. The fourth-order valence-electron chi connectivity index (χ4n) is 3.38. The average Bonchev–Trinajstić information content (AvgIpc) is 3.03. The van der Waals surface area contributed by atoms with Crippen molar-refractivity contribution in [2.45, 2.75) is 19.4 Å². The molecule has 1 aliphatic rings. The van der Waals surface area contributed by atoms with Gasteiger partial charge in [0.25, 0.3) is 0 Å². The molecule has 0 spiro atoms. The average molecular weight is 428 g/mol. The lowest BCUT2D eigenvalue weighted by atomic mass is 10.00. The van der Waals surface area contributed by atoms with E-state index in [-0.39, 0.29) is 11.5 Å². The number of rotatable bonds is 3. The van der Waals surface area contributed by atoms with E-state index in [1.54, 1.807) is 22.8 Å². The number of carboxylic acids is 1. The summed E-state index contributed by atoms with van der Waals surface area (Å²) >= 11 is 3.47. The van der Waals surface area contributed by atoms with E-state index < -0.39 is 12.0 Å². The Morgan fingerprint density at radius 3 is 2.74 bits per heavy atom. The topological polar surface area (TPSA) is 67.5 Å². The van der Waals surface area contributed by atoms with Crippen LogP contribution in [0, 0.1) is 5.82 Å². The molecule has 0 bridgehead atoms. The van der Waals surface area contributed by atoms with E-state index in [0.29, 0.717) is 34.6 Å². The Kier molecular flexibility index (Phi) is 4.39. The van der Waals surface area contributed by atoms with Gasteiger partial charge < -0.3 is 5.11 Å². The molecule has 0 saturated carbocycles. The Bertz CT molecular complexity index is 1090. The Morgan fingerprint density at radius 2 is 2.04 bits per heavy atom. The van der Waals surface area contributed by atoms with Crippen molar-refractivity contribution in [1.82, 2.24) is 9.55 Å². The fraction of sp³-hybridized carbons (Fsp3) is 0.150. The number of fused-ring (bicyclic) bond motifs is 3. The SMILES string of the molecule is CCC1N=C(c2ccccc2F)c2cc(Br)ccc2-n2cnc(C(=O)O)c21. The van der Waals surface area contributed by atoms with Crippen LogP contribution in [0.2, 0.25) is 0 Å². The molecule has 0 fully saturated rings. The van der Waals surface area contributed by atoms with Crippen molar-refractivity contribution in [3.63, 3.8) is 0 Å². The molecule has 0 amide bonds. The molecular weight excluding hydrogens is 413 g/mol. The first-order valence-corrected chi connectivity index (χ1v) is 9.24. The Hall–Kier alpha value is -2.80. The molecule has 0 radical (unpaired) electrons. The summed E-state index contributed by atoms with van der Waals surface area (Å²) < 4.78 is 17.2. The normalized spacial score (nSPS) is 15.5. The summed E-state index contributed by atoms with van der Waals surface area (Å²) in [6.45, 7) is 1.92. The van der Waals surface area contributed by atoms with Gasteiger partial charge in [0.1, 0.15) is 12.1 Å². The van der Waals surface area contributed by atoms with Crippen molar-refractivity contribution < 1.29 is 14.3 Å². The van der Waals surface area contributed by atoms with E-state index in [1.807, 2.05) is 25.1 Å². The van der Waals surface area contributed by atoms with Gasteiger partial charge in [-0.05, 0) is 36.8 Å². The maximum atomic E-state index is 14.6. The van der Waals surface area contributed by atoms with E-state index in [9.17, 15) is 14.3 Å². The number of aromatic carboxylic acids is 1. The van der Waals surface area contributed by atoms with Crippen LogP contribution >= 0.6 is 15.9 Å². The van der Waals surface area contributed by atoms with E-state index in [4.69, 9.17) is 4.99 Å². The molecule has 1 aromatic heterocycles. The van der Waals surface area contributed by atoms with Crippen LogP contribution in [0.4, 0.5) is 4.39 Å². The maximum absolute atomic E-state index is 14.6. The molecule has 27 heavy (non-hydrogen) atoms. The minimum atomic E-state index is -1.11. The zero-order valence-electron chi connectivity index (χ0n) is 14.4. The van der Waals surface area contributed by atoms with Gasteiger partial charge in [-0.1, -0.05) is 35.0 Å². The molecular formula is C20H15BrFN3O2. The lowest BCUT2D eigenvalue weighted by Gasteiger charge is -2.12. The fourth-order valence-corrected chi connectivity index (χ4v) is 3.74. The predicted molar refractivity (Wildman–Crippen MR) is 103 cm³/mol. The number of hydrogen-bond acceptors (Lipinski definition) is 3. The maximum Gasteiger partial charge on any atom is 0.356 e. The van der Waals surface area contributed by atoms with Crippen LogP contribution in [0.1, 0.15) is 46.7 Å². The Balaban J connectivity index is 2.08. The number of carbonyl (C=O) groups is 1. The summed E-state index contributed by atoms with van der Waals surface area (Å²) in [6.07, 6.45) is 2.05. The zero-order chi connectivity index (χ0) is 19.1. The van der Waals surface area contributed by atoms with Crippen LogP contribution in [0.3, 0.4) is 0 Å². The highest BCUT2D eigenvalue weighted by molar-refractivity contribution is 9.10. The second-order valence-electron chi connectivity index (χ2n) is 6.20. The molecule has 136 valence electrons. The molecule has 0 saturated heterocycles. The van der Waals surface area contributed by atoms with Crippen LogP contribution in [0.5, 0.6) is 0 Å². The Labute approximate surface area is 163 Å². The van der Waals surface area contributed by atoms with Gasteiger partial charge in [0, 0.05) is 15.6 Å². The first kappa shape index (κ1) is 17.6. The summed E-state index contributed by atoms with van der Waals surface area (Å²) in [7, 11) is 0. The molecule has 1 aliphatic heterocycles.